The molecule has 0 radical (unpaired) electrons. The standard InChI is InChI=1S/C9H15N3/c1-7(10)9(2,11)8-5-3-4-6-12-8/h3-7H,10-11H2,1-2H3. The van der Waals surface area contributed by atoms with Gasteiger partial charge in [-0.1, -0.05) is 6.07 Å². The minimum absolute atomic E-state index is 0.104. The van der Waals surface area contributed by atoms with Crippen LogP contribution in [0.2, 0.25) is 0 Å². The maximum Gasteiger partial charge on any atom is 0.0705 e. The van der Waals surface area contributed by atoms with Gasteiger partial charge in [0.15, 0.2) is 0 Å². The molecule has 0 saturated carbocycles. The molecule has 1 aromatic heterocycles. The smallest absolute Gasteiger partial charge is 0.0705 e. The summed E-state index contributed by atoms with van der Waals surface area (Å²) >= 11 is 0. The van der Waals surface area contributed by atoms with E-state index in [9.17, 15) is 0 Å². The van der Waals surface area contributed by atoms with Crippen molar-refractivity contribution >= 4 is 0 Å². The Labute approximate surface area is 72.8 Å². The van der Waals surface area contributed by atoms with E-state index >= 15 is 0 Å². The lowest BCUT2D eigenvalue weighted by Gasteiger charge is -2.27. The number of nitrogens with two attached hydrogens (primary N) is 2. The highest BCUT2D eigenvalue weighted by atomic mass is 14.9. The SMILES string of the molecule is CC(N)C(C)(N)c1ccccn1. The molecule has 1 rings (SSSR count). The number of aromatic nitrogens is 1. The van der Waals surface area contributed by atoms with Gasteiger partial charge in [-0.25, -0.2) is 0 Å². The van der Waals surface area contributed by atoms with Crippen molar-refractivity contribution in [3.63, 3.8) is 0 Å². The second-order valence-electron chi connectivity index (χ2n) is 3.29. The van der Waals surface area contributed by atoms with Crippen LogP contribution in [0.1, 0.15) is 19.5 Å². The lowest BCUT2D eigenvalue weighted by atomic mass is 9.91. The zero-order valence-corrected chi connectivity index (χ0v) is 7.49. The van der Waals surface area contributed by atoms with Gasteiger partial charge in [-0.15, -0.1) is 0 Å². The van der Waals surface area contributed by atoms with E-state index in [4.69, 9.17) is 11.5 Å². The van der Waals surface area contributed by atoms with Crippen LogP contribution in [0.4, 0.5) is 0 Å². The molecule has 66 valence electrons. The maximum absolute atomic E-state index is 5.99. The highest BCUT2D eigenvalue weighted by Crippen LogP contribution is 2.17. The Morgan fingerprint density at radius 2 is 2.17 bits per heavy atom. The zero-order valence-electron chi connectivity index (χ0n) is 7.49. The number of hydrogen-bond acceptors (Lipinski definition) is 3. The van der Waals surface area contributed by atoms with Gasteiger partial charge in [0, 0.05) is 12.2 Å². The Morgan fingerprint density at radius 3 is 2.58 bits per heavy atom. The van der Waals surface area contributed by atoms with E-state index in [2.05, 4.69) is 4.98 Å². The lowest BCUT2D eigenvalue weighted by molar-refractivity contribution is 0.399. The van der Waals surface area contributed by atoms with Crippen molar-refractivity contribution in [2.24, 2.45) is 11.5 Å². The molecule has 3 nitrogen and oxygen atoms in total. The van der Waals surface area contributed by atoms with E-state index in [-0.39, 0.29) is 6.04 Å². The third-order valence-corrected chi connectivity index (χ3v) is 2.16. The van der Waals surface area contributed by atoms with Gasteiger partial charge in [0.25, 0.3) is 0 Å². The van der Waals surface area contributed by atoms with Gasteiger partial charge >= 0.3 is 0 Å². The summed E-state index contributed by atoms with van der Waals surface area (Å²) in [6.07, 6.45) is 1.73. The first-order chi connectivity index (χ1) is 5.55. The molecular weight excluding hydrogens is 150 g/mol. The summed E-state index contributed by atoms with van der Waals surface area (Å²) in [6.45, 7) is 3.77. The van der Waals surface area contributed by atoms with Crippen LogP contribution >= 0.6 is 0 Å². The topological polar surface area (TPSA) is 64.9 Å². The molecule has 0 aliphatic rings. The molecule has 0 aromatic carbocycles. The fourth-order valence-corrected chi connectivity index (χ4v) is 0.915. The molecule has 1 heterocycles. The fourth-order valence-electron chi connectivity index (χ4n) is 0.915. The van der Waals surface area contributed by atoms with Crippen LogP contribution in [0.25, 0.3) is 0 Å². The van der Waals surface area contributed by atoms with Gasteiger partial charge in [-0.05, 0) is 26.0 Å². The third kappa shape index (κ3) is 1.62. The molecule has 0 aliphatic heterocycles. The molecule has 2 atom stereocenters. The van der Waals surface area contributed by atoms with E-state index in [0.29, 0.717) is 0 Å². The van der Waals surface area contributed by atoms with Crippen molar-refractivity contribution in [3.8, 4) is 0 Å². The molecule has 0 fully saturated rings. The Kier molecular flexibility index (Phi) is 2.45. The molecule has 12 heavy (non-hydrogen) atoms. The van der Waals surface area contributed by atoms with Crippen LogP contribution in [0.5, 0.6) is 0 Å². The van der Waals surface area contributed by atoms with Crippen LogP contribution in [-0.4, -0.2) is 11.0 Å². The largest absolute Gasteiger partial charge is 0.326 e. The van der Waals surface area contributed by atoms with Gasteiger partial charge in [0.05, 0.1) is 11.2 Å². The predicted octanol–water partition coefficient (Wildman–Crippen LogP) is 0.603. The number of hydrogen-bond donors (Lipinski definition) is 2. The number of nitrogens with zero attached hydrogens (tertiary/aromatic N) is 1. The van der Waals surface area contributed by atoms with Crippen molar-refractivity contribution in [1.82, 2.24) is 4.98 Å². The number of pyridine rings is 1. The molecule has 3 heteroatoms. The van der Waals surface area contributed by atoms with Gasteiger partial charge in [-0.2, -0.15) is 0 Å². The first-order valence-electron chi connectivity index (χ1n) is 4.01. The summed E-state index contributed by atoms with van der Waals surface area (Å²) in [4.78, 5) is 4.17. The summed E-state index contributed by atoms with van der Waals surface area (Å²) in [7, 11) is 0. The molecule has 0 aliphatic carbocycles. The van der Waals surface area contributed by atoms with Crippen LogP contribution in [0.3, 0.4) is 0 Å². The summed E-state index contributed by atoms with van der Waals surface area (Å²) in [5.41, 5.74) is 12.0. The van der Waals surface area contributed by atoms with Crippen LogP contribution in [0.15, 0.2) is 24.4 Å². The summed E-state index contributed by atoms with van der Waals surface area (Å²) in [6, 6.07) is 5.56. The zero-order chi connectivity index (χ0) is 9.19. The Hall–Kier alpha value is -0.930. The van der Waals surface area contributed by atoms with Crippen LogP contribution in [0, 0.1) is 0 Å². The fraction of sp³-hybridized carbons (Fsp3) is 0.444. The summed E-state index contributed by atoms with van der Waals surface area (Å²) in [5.74, 6) is 0. The highest BCUT2D eigenvalue weighted by molar-refractivity contribution is 5.15. The lowest BCUT2D eigenvalue weighted by Crippen LogP contribution is -2.48. The predicted molar refractivity (Wildman–Crippen MR) is 49.4 cm³/mol. The highest BCUT2D eigenvalue weighted by Gasteiger charge is 2.26. The quantitative estimate of drug-likeness (QED) is 0.674. The van der Waals surface area contributed by atoms with Gasteiger partial charge < -0.3 is 11.5 Å². The Balaban J connectivity index is 2.98. The minimum Gasteiger partial charge on any atom is -0.326 e. The normalized spacial score (nSPS) is 18.3. The summed E-state index contributed by atoms with van der Waals surface area (Å²) < 4.78 is 0. The van der Waals surface area contributed by atoms with Crippen molar-refractivity contribution in [2.75, 3.05) is 0 Å². The Morgan fingerprint density at radius 1 is 1.50 bits per heavy atom. The van der Waals surface area contributed by atoms with Crippen LogP contribution in [-0.2, 0) is 5.54 Å². The van der Waals surface area contributed by atoms with Gasteiger partial charge in [-0.3, -0.25) is 4.98 Å². The van der Waals surface area contributed by atoms with E-state index in [1.54, 1.807) is 6.20 Å². The van der Waals surface area contributed by atoms with Gasteiger partial charge in [0.1, 0.15) is 0 Å². The average molecular weight is 165 g/mol. The van der Waals surface area contributed by atoms with Crippen molar-refractivity contribution in [3.05, 3.63) is 30.1 Å². The molecule has 1 aromatic rings. The maximum atomic E-state index is 5.99. The molecule has 2 unspecified atom stereocenters. The van der Waals surface area contributed by atoms with E-state index in [1.165, 1.54) is 0 Å². The second kappa shape index (κ2) is 3.21. The van der Waals surface area contributed by atoms with E-state index < -0.39 is 5.54 Å². The number of rotatable bonds is 2. The van der Waals surface area contributed by atoms with E-state index in [1.807, 2.05) is 32.0 Å². The van der Waals surface area contributed by atoms with E-state index in [0.717, 1.165) is 5.69 Å². The summed E-state index contributed by atoms with van der Waals surface area (Å²) in [5, 5.41) is 0. The van der Waals surface area contributed by atoms with Crippen molar-refractivity contribution < 1.29 is 0 Å². The molecule has 0 saturated heterocycles. The van der Waals surface area contributed by atoms with Crippen LogP contribution < -0.4 is 11.5 Å². The second-order valence-corrected chi connectivity index (χ2v) is 3.29. The van der Waals surface area contributed by atoms with Crippen molar-refractivity contribution in [1.29, 1.82) is 0 Å². The average Bonchev–Trinajstić information content (AvgIpc) is 2.06. The molecule has 0 amide bonds. The molecule has 0 spiro atoms. The first-order valence-corrected chi connectivity index (χ1v) is 4.01. The monoisotopic (exact) mass is 165 g/mol. The molecule has 4 N–H and O–H groups in total. The van der Waals surface area contributed by atoms with Gasteiger partial charge in [0.2, 0.25) is 0 Å². The minimum atomic E-state index is -0.540. The molecular formula is C9H15N3. The molecule has 0 bridgehead atoms. The van der Waals surface area contributed by atoms with Crippen molar-refractivity contribution in [2.45, 2.75) is 25.4 Å². The first kappa shape index (κ1) is 9.16. The third-order valence-electron chi connectivity index (χ3n) is 2.16. The Bertz CT molecular complexity index is 241.